The lowest BCUT2D eigenvalue weighted by molar-refractivity contribution is 0.605. The minimum absolute atomic E-state index is 0.394. The Bertz CT molecular complexity index is 732. The van der Waals surface area contributed by atoms with Crippen molar-refractivity contribution in [3.05, 3.63) is 53.2 Å². The molecule has 4 heteroatoms. The smallest absolute Gasteiger partial charge is 0.201 e. The molecule has 4 nitrogen and oxygen atoms in total. The van der Waals surface area contributed by atoms with Crippen LogP contribution in [0.4, 0.5) is 0 Å². The van der Waals surface area contributed by atoms with Crippen LogP contribution in [-0.2, 0) is 6.42 Å². The highest BCUT2D eigenvalue weighted by Crippen LogP contribution is 2.35. The number of aromatic amines is 1. The van der Waals surface area contributed by atoms with E-state index in [-0.39, 0.29) is 0 Å². The van der Waals surface area contributed by atoms with Crippen molar-refractivity contribution >= 4 is 11.2 Å². The van der Waals surface area contributed by atoms with Crippen molar-refractivity contribution in [1.29, 1.82) is 0 Å². The number of hydrogen-bond donors (Lipinski definition) is 1. The topological polar surface area (TPSA) is 54.5 Å². The predicted molar refractivity (Wildman–Crippen MR) is 72.9 cm³/mol. The Hall–Kier alpha value is -2.23. The highest BCUT2D eigenvalue weighted by molar-refractivity contribution is 5.68. The Morgan fingerprint density at radius 1 is 1.05 bits per heavy atom. The predicted octanol–water partition coefficient (Wildman–Crippen LogP) is 2.82. The number of aromatic nitrogens is 4. The summed E-state index contributed by atoms with van der Waals surface area (Å²) in [5, 5.41) is 10.8. The fraction of sp³-hybridized carbons (Fsp3) is 0.267. The van der Waals surface area contributed by atoms with Crippen LogP contribution in [0.1, 0.15) is 35.6 Å². The molecule has 19 heavy (non-hydrogen) atoms. The third-order valence-electron chi connectivity index (χ3n) is 3.93. The lowest BCUT2D eigenvalue weighted by atomic mass is 9.81. The average molecular weight is 250 g/mol. The van der Waals surface area contributed by atoms with Crippen LogP contribution in [-0.4, -0.2) is 20.4 Å². The van der Waals surface area contributed by atoms with Gasteiger partial charge in [-0.25, -0.2) is 4.98 Å². The number of H-pyrrole nitrogens is 1. The van der Waals surface area contributed by atoms with Crippen molar-refractivity contribution in [3.63, 3.8) is 0 Å². The lowest BCUT2D eigenvalue weighted by Gasteiger charge is -2.24. The van der Waals surface area contributed by atoms with Crippen molar-refractivity contribution in [2.75, 3.05) is 0 Å². The van der Waals surface area contributed by atoms with E-state index in [2.05, 4.69) is 50.7 Å². The molecule has 0 fully saturated rings. The number of hydrogen-bond acceptors (Lipinski definition) is 3. The number of fused-ring (bicyclic) bond motifs is 2. The van der Waals surface area contributed by atoms with Crippen molar-refractivity contribution in [2.24, 2.45) is 0 Å². The fourth-order valence-corrected chi connectivity index (χ4v) is 3.01. The van der Waals surface area contributed by atoms with E-state index in [9.17, 15) is 0 Å². The number of benzene rings is 1. The summed E-state index contributed by atoms with van der Waals surface area (Å²) < 4.78 is 0. The fourth-order valence-electron chi connectivity index (χ4n) is 3.01. The molecule has 2 heterocycles. The standard InChI is InChI=1S/C15H14N4/c1-2-6-11-10(4-1)5-3-7-12(11)13-8-9-14-15(16-13)18-19-17-14/h1-2,4,6,8-9,12H,3,5,7H2,(H,16,17,18,19). The maximum absolute atomic E-state index is 4.65. The van der Waals surface area contributed by atoms with Crippen molar-refractivity contribution in [1.82, 2.24) is 20.4 Å². The van der Waals surface area contributed by atoms with Crippen LogP contribution in [0.25, 0.3) is 11.2 Å². The van der Waals surface area contributed by atoms with E-state index < -0.39 is 0 Å². The first-order valence-corrected chi connectivity index (χ1v) is 6.67. The van der Waals surface area contributed by atoms with Crippen molar-refractivity contribution in [2.45, 2.75) is 25.2 Å². The van der Waals surface area contributed by atoms with Crippen LogP contribution < -0.4 is 0 Å². The van der Waals surface area contributed by atoms with Gasteiger partial charge in [0.25, 0.3) is 0 Å². The first-order chi connectivity index (χ1) is 9.42. The molecule has 1 atom stereocenters. The Balaban J connectivity index is 1.84. The molecule has 4 rings (SSSR count). The molecule has 0 saturated heterocycles. The van der Waals surface area contributed by atoms with Gasteiger partial charge in [-0.1, -0.05) is 24.3 Å². The zero-order valence-electron chi connectivity index (χ0n) is 10.5. The second-order valence-electron chi connectivity index (χ2n) is 5.05. The van der Waals surface area contributed by atoms with Crippen molar-refractivity contribution < 1.29 is 0 Å². The van der Waals surface area contributed by atoms with E-state index in [1.807, 2.05) is 6.07 Å². The molecule has 0 spiro atoms. The van der Waals surface area contributed by atoms with E-state index in [1.165, 1.54) is 24.0 Å². The van der Waals surface area contributed by atoms with E-state index in [0.29, 0.717) is 11.6 Å². The largest absolute Gasteiger partial charge is 0.230 e. The van der Waals surface area contributed by atoms with Gasteiger partial charge < -0.3 is 0 Å². The molecule has 2 aromatic heterocycles. The Labute approximate surface area is 110 Å². The zero-order valence-corrected chi connectivity index (χ0v) is 10.5. The Morgan fingerprint density at radius 2 is 2.00 bits per heavy atom. The van der Waals surface area contributed by atoms with Gasteiger partial charge in [-0.3, -0.25) is 0 Å². The van der Waals surface area contributed by atoms with Crippen LogP contribution in [0.2, 0.25) is 0 Å². The van der Waals surface area contributed by atoms with Gasteiger partial charge in [0.05, 0.1) is 5.69 Å². The summed E-state index contributed by atoms with van der Waals surface area (Å²) in [6, 6.07) is 12.8. The summed E-state index contributed by atoms with van der Waals surface area (Å²) in [5.74, 6) is 0.394. The summed E-state index contributed by atoms with van der Waals surface area (Å²) in [6.45, 7) is 0. The number of nitrogens with one attached hydrogen (secondary N) is 1. The number of nitrogens with zero attached hydrogens (tertiary/aromatic N) is 3. The third kappa shape index (κ3) is 1.71. The molecular formula is C15H14N4. The summed E-state index contributed by atoms with van der Waals surface area (Å²) in [7, 11) is 0. The molecule has 0 aliphatic heterocycles. The highest BCUT2D eigenvalue weighted by Gasteiger charge is 2.22. The van der Waals surface area contributed by atoms with E-state index in [1.54, 1.807) is 0 Å². The van der Waals surface area contributed by atoms with Gasteiger partial charge in [-0.05, 0) is 42.5 Å². The summed E-state index contributed by atoms with van der Waals surface area (Å²) in [5.41, 5.74) is 5.52. The Kier molecular flexibility index (Phi) is 2.33. The van der Waals surface area contributed by atoms with Crippen LogP contribution in [0.3, 0.4) is 0 Å². The summed E-state index contributed by atoms with van der Waals surface area (Å²) in [4.78, 5) is 4.65. The minimum atomic E-state index is 0.394. The van der Waals surface area contributed by atoms with Crippen LogP contribution in [0.15, 0.2) is 36.4 Å². The van der Waals surface area contributed by atoms with Gasteiger partial charge in [0.15, 0.2) is 0 Å². The summed E-state index contributed by atoms with van der Waals surface area (Å²) in [6.07, 6.45) is 3.56. The van der Waals surface area contributed by atoms with Gasteiger partial charge in [0.1, 0.15) is 5.52 Å². The van der Waals surface area contributed by atoms with Gasteiger partial charge in [0, 0.05) is 5.92 Å². The molecule has 94 valence electrons. The second-order valence-corrected chi connectivity index (χ2v) is 5.05. The molecule has 0 bridgehead atoms. The molecule has 3 aromatic rings. The zero-order chi connectivity index (χ0) is 12.7. The maximum atomic E-state index is 4.65. The van der Waals surface area contributed by atoms with Crippen LogP contribution >= 0.6 is 0 Å². The molecule has 0 radical (unpaired) electrons. The lowest BCUT2D eigenvalue weighted by Crippen LogP contribution is -2.12. The van der Waals surface area contributed by atoms with Crippen LogP contribution in [0.5, 0.6) is 0 Å². The monoisotopic (exact) mass is 250 g/mol. The number of rotatable bonds is 1. The van der Waals surface area contributed by atoms with Crippen LogP contribution in [0, 0.1) is 0 Å². The maximum Gasteiger partial charge on any atom is 0.201 e. The third-order valence-corrected chi connectivity index (χ3v) is 3.93. The van der Waals surface area contributed by atoms with E-state index in [0.717, 1.165) is 17.6 Å². The van der Waals surface area contributed by atoms with Crippen molar-refractivity contribution in [3.8, 4) is 0 Å². The molecule has 1 aliphatic carbocycles. The van der Waals surface area contributed by atoms with E-state index >= 15 is 0 Å². The molecule has 0 saturated carbocycles. The molecular weight excluding hydrogens is 236 g/mol. The minimum Gasteiger partial charge on any atom is -0.230 e. The number of pyridine rings is 1. The summed E-state index contributed by atoms with van der Waals surface area (Å²) >= 11 is 0. The Morgan fingerprint density at radius 3 is 3.00 bits per heavy atom. The first kappa shape index (κ1) is 10.7. The average Bonchev–Trinajstić information content (AvgIpc) is 2.94. The quantitative estimate of drug-likeness (QED) is 0.722. The molecule has 0 amide bonds. The highest BCUT2D eigenvalue weighted by atomic mass is 15.3. The number of aryl methyl sites for hydroxylation is 1. The van der Waals surface area contributed by atoms with Gasteiger partial charge in [-0.15, -0.1) is 5.10 Å². The molecule has 1 aliphatic rings. The second kappa shape index (κ2) is 4.16. The normalized spacial score (nSPS) is 18.4. The molecule has 1 N–H and O–H groups in total. The van der Waals surface area contributed by atoms with E-state index in [4.69, 9.17) is 0 Å². The molecule has 1 unspecified atom stereocenters. The molecule has 1 aromatic carbocycles. The van der Waals surface area contributed by atoms with Gasteiger partial charge >= 0.3 is 0 Å². The van der Waals surface area contributed by atoms with Gasteiger partial charge in [-0.2, -0.15) is 10.3 Å². The first-order valence-electron chi connectivity index (χ1n) is 6.67. The SMILES string of the molecule is c1ccc2c(c1)CCCC2c1ccc2n[nH]nc2n1. The van der Waals surface area contributed by atoms with Gasteiger partial charge in [0.2, 0.25) is 5.65 Å².